The van der Waals surface area contributed by atoms with Crippen LogP contribution in [-0.4, -0.2) is 5.60 Å². The number of nitrogens with zero attached hydrogens (tertiary/aromatic N) is 1. The molecule has 1 aromatic heterocycles. The zero-order valence-corrected chi connectivity index (χ0v) is 46.7. The fourth-order valence-electron chi connectivity index (χ4n) is 18.2. The number of hydrogen-bond acceptors (Lipinski definition) is 3. The molecule has 10 aromatic rings. The topological polar surface area (TPSA) is 25.6 Å². The Balaban J connectivity index is 0.883. The lowest BCUT2D eigenvalue weighted by Crippen LogP contribution is -2.35. The molecule has 7 aliphatic carbocycles. The Labute approximate surface area is 462 Å². The summed E-state index contributed by atoms with van der Waals surface area (Å²) >= 11 is 0. The van der Waals surface area contributed by atoms with Crippen LogP contribution in [0.1, 0.15) is 137 Å². The van der Waals surface area contributed by atoms with Crippen LogP contribution in [0.25, 0.3) is 66.5 Å². The lowest BCUT2D eigenvalue weighted by Gasteiger charge is -2.38. The second-order valence-electron chi connectivity index (χ2n) is 27.1. The van der Waals surface area contributed by atoms with E-state index >= 15 is 0 Å². The van der Waals surface area contributed by atoms with E-state index in [2.05, 4.69) is 250 Å². The van der Waals surface area contributed by atoms with Crippen LogP contribution >= 0.6 is 0 Å². The van der Waals surface area contributed by atoms with Crippen molar-refractivity contribution in [3.63, 3.8) is 0 Å². The van der Waals surface area contributed by atoms with Crippen molar-refractivity contribution >= 4 is 50.1 Å². The maximum atomic E-state index is 7.52. The molecule has 0 N–H and O–H groups in total. The molecule has 1 fully saturated rings. The Morgan fingerprint density at radius 3 is 1.62 bits per heavy atom. The summed E-state index contributed by atoms with van der Waals surface area (Å²) in [5.41, 5.74) is 32.2. The summed E-state index contributed by atoms with van der Waals surface area (Å²) in [5, 5.41) is 2.40. The molecule has 8 aliphatic rings. The standard InChI is InChI=1S/C76H61NO2/c1-70(2)49-26-15-11-22-43(49)59-53(70)30-21-31-56(59)77(41-34-36-45-54(38-41)73(7,8)65-60(45)61-48-25-14-19-32-57(48)78-69(61)62-44-23-12-16-27-50(44)71(3,4)66(62)65)42-35-37-47-55(39-42)74(9,10)68-64(47)76-40-75(76,52-29-18-20-33-58(52)79-76)63-46-24-13-17-28-51(46)72(5,6)67(63)68/h11-39H,40H2,1-10H3. The van der Waals surface area contributed by atoms with E-state index in [0.717, 1.165) is 34.7 Å². The quantitative estimate of drug-likeness (QED) is 0.176. The molecule has 0 bridgehead atoms. The summed E-state index contributed by atoms with van der Waals surface area (Å²) in [4.78, 5) is 2.62. The highest BCUT2D eigenvalue weighted by molar-refractivity contribution is 6.21. The van der Waals surface area contributed by atoms with Crippen molar-refractivity contribution in [1.82, 2.24) is 0 Å². The molecule has 0 saturated heterocycles. The molecule has 0 spiro atoms. The van der Waals surface area contributed by atoms with Crippen LogP contribution in [-0.2, 0) is 32.5 Å². The fraction of sp³-hybridized carbons (Fsp3) is 0.237. The van der Waals surface area contributed by atoms with Crippen LogP contribution in [0.2, 0.25) is 0 Å². The first-order chi connectivity index (χ1) is 38.0. The predicted octanol–water partition coefficient (Wildman–Crippen LogP) is 19.3. The third-order valence-corrected chi connectivity index (χ3v) is 21.6. The number of para-hydroxylation sites is 2. The van der Waals surface area contributed by atoms with Crippen LogP contribution in [0.5, 0.6) is 5.75 Å². The molecule has 1 aliphatic heterocycles. The predicted molar refractivity (Wildman–Crippen MR) is 324 cm³/mol. The van der Waals surface area contributed by atoms with Gasteiger partial charge in [-0.25, -0.2) is 0 Å². The van der Waals surface area contributed by atoms with Crippen molar-refractivity contribution in [3.8, 4) is 39.1 Å². The first-order valence-corrected chi connectivity index (χ1v) is 28.8. The van der Waals surface area contributed by atoms with Gasteiger partial charge in [0.2, 0.25) is 0 Å². The summed E-state index contributed by atoms with van der Waals surface area (Å²) in [6, 6.07) is 67.1. The minimum absolute atomic E-state index is 0.173. The van der Waals surface area contributed by atoms with Gasteiger partial charge in [-0.15, -0.1) is 0 Å². The number of benzene rings is 9. The van der Waals surface area contributed by atoms with E-state index in [1.54, 1.807) is 0 Å². The Bertz CT molecular complexity index is 4660. The van der Waals surface area contributed by atoms with Crippen molar-refractivity contribution in [2.45, 2.75) is 114 Å². The molecule has 0 radical (unpaired) electrons. The molecule has 79 heavy (non-hydrogen) atoms. The van der Waals surface area contributed by atoms with Gasteiger partial charge in [0.05, 0.1) is 11.1 Å². The summed E-state index contributed by atoms with van der Waals surface area (Å²) in [7, 11) is 0. The van der Waals surface area contributed by atoms with Crippen LogP contribution in [0, 0.1) is 0 Å². The minimum atomic E-state index is -0.472. The second kappa shape index (κ2) is 13.6. The number of fused-ring (bicyclic) bond motifs is 21. The molecule has 9 aromatic carbocycles. The van der Waals surface area contributed by atoms with Crippen LogP contribution in [0.15, 0.2) is 191 Å². The van der Waals surface area contributed by atoms with E-state index in [1.165, 1.54) is 133 Å². The molecular weight excluding hydrogens is 959 g/mol. The van der Waals surface area contributed by atoms with Crippen molar-refractivity contribution in [2.75, 3.05) is 4.90 Å². The van der Waals surface area contributed by atoms with E-state index in [4.69, 9.17) is 9.15 Å². The van der Waals surface area contributed by atoms with E-state index < -0.39 is 5.60 Å². The lowest BCUT2D eigenvalue weighted by atomic mass is 9.65. The highest BCUT2D eigenvalue weighted by atomic mass is 16.5. The van der Waals surface area contributed by atoms with Crippen molar-refractivity contribution < 1.29 is 9.15 Å². The summed E-state index contributed by atoms with van der Waals surface area (Å²) in [6.07, 6.45) is 0.953. The molecule has 1 saturated carbocycles. The average molecular weight is 1020 g/mol. The normalized spacial score (nSPS) is 22.6. The highest BCUT2D eigenvalue weighted by Crippen LogP contribution is 2.83. The van der Waals surface area contributed by atoms with Crippen molar-refractivity contribution in [3.05, 3.63) is 248 Å². The SMILES string of the molecule is CC1(C)C2=C(c3ccc(N(c4ccc5c(c4)C(C)(C)c4c6c(c7oc8ccccc8c7c4-5)-c4ccccc4C6(C)C)c4cccc5c4-c4ccccc4C5(C)C)cc31)C13CC1(C1=C2C(C)(C)c2ccccc21)c1ccccc1O3. The average Bonchev–Trinajstić information content (AvgIpc) is 1.97. The fourth-order valence-corrected chi connectivity index (χ4v) is 18.2. The number of furan rings is 1. The third kappa shape index (κ3) is 4.80. The van der Waals surface area contributed by atoms with E-state index in [0.29, 0.717) is 0 Å². The third-order valence-electron chi connectivity index (χ3n) is 21.6. The largest absolute Gasteiger partial charge is 0.481 e. The molecule has 382 valence electrons. The van der Waals surface area contributed by atoms with Crippen LogP contribution in [0.3, 0.4) is 0 Å². The molecule has 3 nitrogen and oxygen atoms in total. The smallest absolute Gasteiger partial charge is 0.150 e. The van der Waals surface area contributed by atoms with Crippen LogP contribution < -0.4 is 9.64 Å². The second-order valence-corrected chi connectivity index (χ2v) is 27.1. The number of rotatable bonds is 3. The first-order valence-electron chi connectivity index (χ1n) is 28.8. The Kier molecular flexibility index (Phi) is 7.73. The Morgan fingerprint density at radius 2 is 0.886 bits per heavy atom. The summed E-state index contributed by atoms with van der Waals surface area (Å²) < 4.78 is 14.6. The maximum absolute atomic E-state index is 7.52. The molecule has 2 heterocycles. The highest BCUT2D eigenvalue weighted by Gasteiger charge is 2.83. The number of ether oxygens (including phenoxy) is 1. The van der Waals surface area contributed by atoms with Crippen LogP contribution in [0.4, 0.5) is 17.1 Å². The molecule has 2 unspecified atom stereocenters. The van der Waals surface area contributed by atoms with Gasteiger partial charge in [0.25, 0.3) is 0 Å². The van der Waals surface area contributed by atoms with Gasteiger partial charge in [0.15, 0.2) is 5.60 Å². The molecule has 3 heteroatoms. The first kappa shape index (κ1) is 44.8. The Hall–Kier alpha value is -8.14. The van der Waals surface area contributed by atoms with E-state index in [9.17, 15) is 0 Å². The lowest BCUT2D eigenvalue weighted by molar-refractivity contribution is 0.245. The number of hydrogen-bond donors (Lipinski definition) is 0. The van der Waals surface area contributed by atoms with Gasteiger partial charge >= 0.3 is 0 Å². The van der Waals surface area contributed by atoms with Gasteiger partial charge in [-0.1, -0.05) is 203 Å². The maximum Gasteiger partial charge on any atom is 0.150 e. The zero-order chi connectivity index (χ0) is 53.4. The molecular formula is C76H61NO2. The van der Waals surface area contributed by atoms with Gasteiger partial charge in [0.1, 0.15) is 16.9 Å². The Morgan fingerprint density at radius 1 is 0.380 bits per heavy atom. The minimum Gasteiger partial charge on any atom is -0.481 e. The number of anilines is 3. The van der Waals surface area contributed by atoms with Gasteiger partial charge in [-0.3, -0.25) is 0 Å². The van der Waals surface area contributed by atoms with E-state index in [-0.39, 0.29) is 32.5 Å². The van der Waals surface area contributed by atoms with Gasteiger partial charge in [-0.05, 0) is 137 Å². The molecule has 18 rings (SSSR count). The van der Waals surface area contributed by atoms with Gasteiger partial charge in [-0.2, -0.15) is 0 Å². The van der Waals surface area contributed by atoms with Crippen molar-refractivity contribution in [2.24, 2.45) is 0 Å². The summed E-state index contributed by atoms with van der Waals surface area (Å²) in [6.45, 7) is 24.6. The van der Waals surface area contributed by atoms with Gasteiger partial charge < -0.3 is 14.1 Å². The van der Waals surface area contributed by atoms with E-state index in [1.807, 2.05) is 0 Å². The zero-order valence-electron chi connectivity index (χ0n) is 46.7. The molecule has 0 amide bonds. The monoisotopic (exact) mass is 1020 g/mol. The summed E-state index contributed by atoms with van der Waals surface area (Å²) in [5.74, 6) is 1.04. The van der Waals surface area contributed by atoms with Gasteiger partial charge in [0, 0.05) is 77.9 Å². The molecule has 2 atom stereocenters. The number of allylic oxidation sites excluding steroid dienone is 2. The van der Waals surface area contributed by atoms with Crippen molar-refractivity contribution in [1.29, 1.82) is 0 Å².